The van der Waals surface area contributed by atoms with Crippen LogP contribution in [0, 0.1) is 5.92 Å². The Bertz CT molecular complexity index is 2240. The summed E-state index contributed by atoms with van der Waals surface area (Å²) < 4.78 is 17.1. The molecular weight excluding hydrogens is 714 g/mol. The van der Waals surface area contributed by atoms with E-state index in [1.54, 1.807) is 12.1 Å². The highest BCUT2D eigenvalue weighted by atomic mass is 16.7. The molecule has 2 heterocycles. The zero-order chi connectivity index (χ0) is 39.2. The number of aromatic hydroxyl groups is 3. The Morgan fingerprint density at radius 1 is 0.945 bits per heavy atom. The third kappa shape index (κ3) is 7.18. The van der Waals surface area contributed by atoms with Crippen LogP contribution in [0.15, 0.2) is 68.8 Å². The first-order chi connectivity index (χ1) is 26.2. The Hall–Kier alpha value is -5.61. The predicted octanol–water partition coefficient (Wildman–Crippen LogP) is 3.49. The summed E-state index contributed by atoms with van der Waals surface area (Å²) in [6.45, 7) is -0.865. The van der Waals surface area contributed by atoms with Crippen molar-refractivity contribution in [2.45, 2.75) is 81.1 Å². The minimum absolute atomic E-state index is 0.000602. The number of phenols is 3. The van der Waals surface area contributed by atoms with Crippen LogP contribution in [0.5, 0.6) is 23.0 Å². The van der Waals surface area contributed by atoms with E-state index < -0.39 is 76.7 Å². The number of ether oxygens (including phenoxy) is 2. The third-order valence-corrected chi connectivity index (χ3v) is 11.0. The number of rotatable bonds is 9. The van der Waals surface area contributed by atoms with Crippen LogP contribution in [-0.2, 0) is 9.53 Å². The minimum atomic E-state index is -2.72. The van der Waals surface area contributed by atoms with Crippen molar-refractivity contribution in [2.75, 3.05) is 6.54 Å². The van der Waals surface area contributed by atoms with Gasteiger partial charge in [-0.2, -0.15) is 0 Å². The average Bonchev–Trinajstić information content (AvgIpc) is 3.16. The SMILES string of the molecule is NC(N)=NC[C@]1(O)[C@H](O)[C@@H](C(=O)O)O[C@@H](Oc2cc3oc(-c4ccc(O)cc4C4=Cc5ccccc5[C@H](CC5CCCCC5)C4)cc(=O)c3c(O)c2O)[C@@H]1O. The number of nitrogens with two attached hydrogens (primary N) is 2. The summed E-state index contributed by atoms with van der Waals surface area (Å²) in [5.74, 6) is -3.95. The number of fused-ring (bicyclic) bond motifs is 2. The van der Waals surface area contributed by atoms with Gasteiger partial charge in [-0.25, -0.2) is 4.79 Å². The van der Waals surface area contributed by atoms with Gasteiger partial charge in [-0.1, -0.05) is 62.4 Å². The normalized spacial score (nSPS) is 25.5. The molecule has 2 fully saturated rings. The topological polar surface area (TPSA) is 272 Å². The molecule has 3 aliphatic rings. The lowest BCUT2D eigenvalue weighted by Gasteiger charge is -2.45. The first-order valence-corrected chi connectivity index (χ1v) is 18.1. The maximum absolute atomic E-state index is 13.6. The van der Waals surface area contributed by atoms with Gasteiger partial charge in [0.25, 0.3) is 0 Å². The molecule has 1 saturated heterocycles. The monoisotopic (exact) mass is 757 g/mol. The number of aliphatic hydroxyl groups is 3. The highest BCUT2D eigenvalue weighted by Gasteiger charge is 2.58. The Balaban J connectivity index is 1.27. The molecule has 15 heteroatoms. The molecule has 15 nitrogen and oxygen atoms in total. The molecule has 1 aromatic heterocycles. The van der Waals surface area contributed by atoms with E-state index >= 15 is 0 Å². The van der Waals surface area contributed by atoms with Crippen molar-refractivity contribution in [3.05, 3.63) is 81.5 Å². The van der Waals surface area contributed by atoms with Gasteiger partial charge in [0.1, 0.15) is 40.3 Å². The van der Waals surface area contributed by atoms with Crippen molar-refractivity contribution in [1.82, 2.24) is 0 Å². The fourth-order valence-electron chi connectivity index (χ4n) is 8.15. The molecule has 0 radical (unpaired) electrons. The summed E-state index contributed by atoms with van der Waals surface area (Å²) >= 11 is 0. The van der Waals surface area contributed by atoms with Crippen LogP contribution in [0.2, 0.25) is 0 Å². The number of hydrogen-bond acceptors (Lipinski definition) is 12. The number of hydrogen-bond donors (Lipinski definition) is 9. The van der Waals surface area contributed by atoms with Crippen LogP contribution in [0.25, 0.3) is 33.9 Å². The number of carbonyl (C=O) groups is 1. The third-order valence-electron chi connectivity index (χ3n) is 11.0. The number of aliphatic hydroxyl groups excluding tert-OH is 2. The van der Waals surface area contributed by atoms with Gasteiger partial charge in [0, 0.05) is 17.7 Å². The number of nitrogens with zero attached hydrogens (tertiary/aromatic N) is 1. The number of aliphatic imine (C=N–C) groups is 1. The van der Waals surface area contributed by atoms with E-state index in [-0.39, 0.29) is 23.0 Å². The molecule has 3 aromatic carbocycles. The summed E-state index contributed by atoms with van der Waals surface area (Å²) in [6.07, 6.45) is 1.16. The molecule has 0 spiro atoms. The first-order valence-electron chi connectivity index (χ1n) is 18.1. The lowest BCUT2D eigenvalue weighted by molar-refractivity contribution is -0.303. The molecule has 0 amide bonds. The smallest absolute Gasteiger partial charge is 0.335 e. The van der Waals surface area contributed by atoms with E-state index in [2.05, 4.69) is 23.2 Å². The second-order valence-corrected chi connectivity index (χ2v) is 14.6. The Morgan fingerprint density at radius 3 is 2.42 bits per heavy atom. The second-order valence-electron chi connectivity index (χ2n) is 14.6. The Labute approximate surface area is 314 Å². The molecule has 11 N–H and O–H groups in total. The Kier molecular flexibility index (Phi) is 10.2. The lowest BCUT2D eigenvalue weighted by atomic mass is 9.73. The number of aliphatic carboxylic acids is 1. The molecule has 1 aliphatic heterocycles. The van der Waals surface area contributed by atoms with E-state index in [0.29, 0.717) is 23.5 Å². The second kappa shape index (κ2) is 14.9. The summed E-state index contributed by atoms with van der Waals surface area (Å²) in [4.78, 5) is 29.2. The van der Waals surface area contributed by atoms with Crippen molar-refractivity contribution in [1.29, 1.82) is 0 Å². The van der Waals surface area contributed by atoms with E-state index in [4.69, 9.17) is 25.4 Å². The summed E-state index contributed by atoms with van der Waals surface area (Å²) in [7, 11) is 0. The molecule has 1 saturated carbocycles. The molecule has 0 bridgehead atoms. The van der Waals surface area contributed by atoms with Crippen molar-refractivity contribution in [2.24, 2.45) is 22.4 Å². The number of guanidine groups is 1. The largest absolute Gasteiger partial charge is 0.508 e. The van der Waals surface area contributed by atoms with Crippen LogP contribution in [0.4, 0.5) is 0 Å². The molecule has 7 rings (SSSR count). The van der Waals surface area contributed by atoms with E-state index in [9.17, 15) is 45.3 Å². The fraction of sp³-hybridized carbons (Fsp3) is 0.375. The number of carboxylic acids is 1. The lowest BCUT2D eigenvalue weighted by Crippen LogP contribution is -2.70. The van der Waals surface area contributed by atoms with Gasteiger partial charge in [0.15, 0.2) is 29.0 Å². The van der Waals surface area contributed by atoms with Crippen molar-refractivity contribution in [3.63, 3.8) is 0 Å². The zero-order valence-electron chi connectivity index (χ0n) is 29.7. The van der Waals surface area contributed by atoms with Gasteiger partial charge in [-0.3, -0.25) is 9.79 Å². The maximum atomic E-state index is 13.6. The van der Waals surface area contributed by atoms with Crippen LogP contribution >= 0.6 is 0 Å². The number of allylic oxidation sites excluding steroid dienone is 1. The summed E-state index contributed by atoms with van der Waals surface area (Å²) in [5, 5.41) is 74.7. The zero-order valence-corrected chi connectivity index (χ0v) is 29.7. The van der Waals surface area contributed by atoms with Gasteiger partial charge in [0.05, 0.1) is 6.54 Å². The molecule has 6 atom stereocenters. The molecule has 290 valence electrons. The minimum Gasteiger partial charge on any atom is -0.508 e. The predicted molar refractivity (Wildman–Crippen MR) is 200 cm³/mol. The molecular formula is C40H43N3O12. The van der Waals surface area contributed by atoms with Gasteiger partial charge >= 0.3 is 5.97 Å². The fourth-order valence-corrected chi connectivity index (χ4v) is 8.15. The number of carboxylic acid groups (broad SMARTS) is 1. The number of phenolic OH excluding ortho intramolecular Hbond substituents is 3. The van der Waals surface area contributed by atoms with Crippen LogP contribution in [0.1, 0.15) is 67.6 Å². The number of benzene rings is 3. The maximum Gasteiger partial charge on any atom is 0.335 e. The van der Waals surface area contributed by atoms with Crippen molar-refractivity contribution in [3.8, 4) is 34.3 Å². The summed E-state index contributed by atoms with van der Waals surface area (Å²) in [5.41, 5.74) is 11.3. The van der Waals surface area contributed by atoms with Crippen molar-refractivity contribution < 1.29 is 54.4 Å². The highest BCUT2D eigenvalue weighted by Crippen LogP contribution is 2.47. The van der Waals surface area contributed by atoms with E-state index in [1.165, 1.54) is 43.7 Å². The van der Waals surface area contributed by atoms with Gasteiger partial charge in [-0.15, -0.1) is 0 Å². The molecule has 4 aromatic rings. The molecule has 2 aliphatic carbocycles. The molecule has 55 heavy (non-hydrogen) atoms. The van der Waals surface area contributed by atoms with Crippen LogP contribution in [-0.4, -0.2) is 84.4 Å². The van der Waals surface area contributed by atoms with Gasteiger partial charge < -0.3 is 61.1 Å². The van der Waals surface area contributed by atoms with E-state index in [1.807, 2.05) is 12.1 Å². The van der Waals surface area contributed by atoms with E-state index in [0.717, 1.165) is 29.7 Å². The highest BCUT2D eigenvalue weighted by molar-refractivity contribution is 5.93. The quantitative estimate of drug-likeness (QED) is 0.0672. The Morgan fingerprint density at radius 2 is 1.69 bits per heavy atom. The van der Waals surface area contributed by atoms with Crippen LogP contribution < -0.4 is 21.6 Å². The molecule has 0 unspecified atom stereocenters. The van der Waals surface area contributed by atoms with Gasteiger partial charge in [0.2, 0.25) is 12.0 Å². The van der Waals surface area contributed by atoms with Crippen LogP contribution in [0.3, 0.4) is 0 Å². The van der Waals surface area contributed by atoms with Crippen molar-refractivity contribution >= 4 is 34.5 Å². The summed E-state index contributed by atoms with van der Waals surface area (Å²) in [6, 6.07) is 15.1. The van der Waals surface area contributed by atoms with Gasteiger partial charge in [-0.05, 0) is 65.1 Å². The first kappa shape index (κ1) is 37.7. The standard InChI is InChI=1S/C40H43N3O12/c41-39(42)43-18-40(52)35(48)34(37(50)51)55-38(36(40)49)54-30-17-29-31(33(47)32(30)46)27(45)16-28(53-29)25-11-10-23(44)15-26(25)22-13-20-8-4-5-9-24(20)21(14-22)12-19-6-2-1-3-7-19/h4-5,8-11,13,15-17,19,21,34-36,38,44,46-49,52H,1-3,6-7,12,14,18H2,(H,50,51)(H4,41,42,43)/t21-,34+,35-,36+,38-,40+/m1/s1. The average molecular weight is 758 g/mol.